The largest absolute Gasteiger partial charge is 0.342 e. The van der Waals surface area contributed by atoms with Crippen molar-refractivity contribution in [1.29, 1.82) is 5.26 Å². The summed E-state index contributed by atoms with van der Waals surface area (Å²) < 4.78 is 0. The quantitative estimate of drug-likeness (QED) is 0.841. The van der Waals surface area contributed by atoms with Crippen LogP contribution in [-0.4, -0.2) is 23.9 Å². The molecule has 1 atom stereocenters. The normalized spacial score (nSPS) is 16.3. The molecule has 0 aromatic heterocycles. The third-order valence-electron chi connectivity index (χ3n) is 3.22. The van der Waals surface area contributed by atoms with Crippen molar-refractivity contribution >= 4 is 17.5 Å². The lowest BCUT2D eigenvalue weighted by Gasteiger charge is -2.18. The van der Waals surface area contributed by atoms with Gasteiger partial charge >= 0.3 is 0 Å². The molecule has 1 aliphatic heterocycles. The van der Waals surface area contributed by atoms with Gasteiger partial charge in [-0.3, -0.25) is 4.79 Å². The van der Waals surface area contributed by atoms with E-state index in [9.17, 15) is 4.79 Å². The predicted molar refractivity (Wildman–Crippen MR) is 70.1 cm³/mol. The average Bonchev–Trinajstić information content (AvgIpc) is 2.91. The Labute approximate surface area is 112 Å². The van der Waals surface area contributed by atoms with Gasteiger partial charge in [0.1, 0.15) is 5.92 Å². The molecule has 1 amide bonds. The Kier molecular flexibility index (Phi) is 4.22. The molecule has 4 heteroatoms. The van der Waals surface area contributed by atoms with Crippen LogP contribution in [0, 0.1) is 17.2 Å². The van der Waals surface area contributed by atoms with E-state index in [-0.39, 0.29) is 5.91 Å². The zero-order valence-electron chi connectivity index (χ0n) is 10.1. The molecule has 0 radical (unpaired) electrons. The molecule has 1 aromatic carbocycles. The maximum Gasteiger partial charge on any atom is 0.240 e. The van der Waals surface area contributed by atoms with E-state index in [0.717, 1.165) is 31.5 Å². The Morgan fingerprint density at radius 1 is 1.33 bits per heavy atom. The zero-order chi connectivity index (χ0) is 13.0. The first-order valence-corrected chi connectivity index (χ1v) is 6.51. The van der Waals surface area contributed by atoms with Crippen LogP contribution in [0.15, 0.2) is 24.3 Å². The molecular formula is C14H15ClN2O. The summed E-state index contributed by atoms with van der Waals surface area (Å²) in [7, 11) is 0. The lowest BCUT2D eigenvalue weighted by atomic mass is 9.99. The highest BCUT2D eigenvalue weighted by Gasteiger charge is 2.26. The first-order valence-electron chi connectivity index (χ1n) is 6.13. The summed E-state index contributed by atoms with van der Waals surface area (Å²) in [5, 5.41) is 9.81. The predicted octanol–water partition coefficient (Wildman–Crippen LogP) is 2.64. The van der Waals surface area contributed by atoms with Crippen LogP contribution in [0.2, 0.25) is 5.02 Å². The van der Waals surface area contributed by atoms with Gasteiger partial charge in [0.05, 0.1) is 6.07 Å². The fraction of sp³-hybridized carbons (Fsp3) is 0.429. The van der Waals surface area contributed by atoms with Crippen molar-refractivity contribution in [2.24, 2.45) is 5.92 Å². The van der Waals surface area contributed by atoms with Crippen molar-refractivity contribution in [3.8, 4) is 6.07 Å². The number of carbonyl (C=O) groups is 1. The molecule has 94 valence electrons. The van der Waals surface area contributed by atoms with Crippen molar-refractivity contribution in [2.45, 2.75) is 19.3 Å². The van der Waals surface area contributed by atoms with Crippen molar-refractivity contribution in [2.75, 3.05) is 13.1 Å². The van der Waals surface area contributed by atoms with Crippen LogP contribution in [-0.2, 0) is 11.2 Å². The molecule has 0 aliphatic carbocycles. The Morgan fingerprint density at radius 3 is 2.50 bits per heavy atom. The minimum atomic E-state index is -0.579. The van der Waals surface area contributed by atoms with Crippen LogP contribution in [0.3, 0.4) is 0 Å². The highest BCUT2D eigenvalue weighted by atomic mass is 35.5. The van der Waals surface area contributed by atoms with Gasteiger partial charge in [-0.1, -0.05) is 23.7 Å². The van der Waals surface area contributed by atoms with E-state index < -0.39 is 5.92 Å². The molecule has 2 rings (SSSR count). The molecular weight excluding hydrogens is 248 g/mol. The van der Waals surface area contributed by atoms with E-state index in [2.05, 4.69) is 6.07 Å². The van der Waals surface area contributed by atoms with Gasteiger partial charge < -0.3 is 4.90 Å². The molecule has 3 nitrogen and oxygen atoms in total. The number of likely N-dealkylation sites (tertiary alicyclic amines) is 1. The molecule has 1 saturated heterocycles. The first kappa shape index (κ1) is 12.9. The van der Waals surface area contributed by atoms with E-state index in [1.54, 1.807) is 17.0 Å². The maximum atomic E-state index is 12.1. The van der Waals surface area contributed by atoms with Crippen LogP contribution in [0.1, 0.15) is 18.4 Å². The number of carbonyl (C=O) groups excluding carboxylic acids is 1. The number of rotatable bonds is 3. The van der Waals surface area contributed by atoms with Gasteiger partial charge in [-0.25, -0.2) is 0 Å². The summed E-state index contributed by atoms with van der Waals surface area (Å²) in [5.74, 6) is -0.616. The van der Waals surface area contributed by atoms with Gasteiger partial charge in [0.15, 0.2) is 0 Å². The standard InChI is InChI=1S/C14H15ClN2O/c15-13-5-3-11(4-6-13)9-12(10-16)14(18)17-7-1-2-8-17/h3-6,12H,1-2,7-9H2. The number of hydrogen-bond acceptors (Lipinski definition) is 2. The van der Waals surface area contributed by atoms with E-state index >= 15 is 0 Å². The van der Waals surface area contributed by atoms with Gasteiger partial charge in [-0.15, -0.1) is 0 Å². The van der Waals surface area contributed by atoms with E-state index in [0.29, 0.717) is 11.4 Å². The van der Waals surface area contributed by atoms with Crippen molar-refractivity contribution in [3.63, 3.8) is 0 Å². The lowest BCUT2D eigenvalue weighted by molar-refractivity contribution is -0.132. The fourth-order valence-electron chi connectivity index (χ4n) is 2.20. The zero-order valence-corrected chi connectivity index (χ0v) is 10.9. The smallest absolute Gasteiger partial charge is 0.240 e. The average molecular weight is 263 g/mol. The fourth-order valence-corrected chi connectivity index (χ4v) is 2.33. The Bertz CT molecular complexity index is 458. The van der Waals surface area contributed by atoms with Crippen LogP contribution in [0.25, 0.3) is 0 Å². The Morgan fingerprint density at radius 2 is 1.94 bits per heavy atom. The third kappa shape index (κ3) is 3.02. The number of hydrogen-bond donors (Lipinski definition) is 0. The van der Waals surface area contributed by atoms with Gasteiger partial charge in [0.2, 0.25) is 5.91 Å². The Balaban J connectivity index is 2.03. The summed E-state index contributed by atoms with van der Waals surface area (Å²) in [5.41, 5.74) is 0.971. The summed E-state index contributed by atoms with van der Waals surface area (Å²) in [6.07, 6.45) is 2.55. The Hall–Kier alpha value is -1.53. The molecule has 1 aromatic rings. The molecule has 18 heavy (non-hydrogen) atoms. The SMILES string of the molecule is N#CC(Cc1ccc(Cl)cc1)C(=O)N1CCCC1. The number of nitrogens with zero attached hydrogens (tertiary/aromatic N) is 2. The molecule has 0 spiro atoms. The molecule has 0 N–H and O–H groups in total. The minimum Gasteiger partial charge on any atom is -0.342 e. The first-order chi connectivity index (χ1) is 8.70. The van der Waals surface area contributed by atoms with Crippen molar-refractivity contribution < 1.29 is 4.79 Å². The van der Waals surface area contributed by atoms with Crippen LogP contribution < -0.4 is 0 Å². The molecule has 1 heterocycles. The molecule has 0 saturated carbocycles. The highest BCUT2D eigenvalue weighted by Crippen LogP contribution is 2.17. The number of nitriles is 1. The summed E-state index contributed by atoms with van der Waals surface area (Å²) in [4.78, 5) is 13.9. The maximum absolute atomic E-state index is 12.1. The number of halogens is 1. The molecule has 1 fully saturated rings. The second-order valence-corrected chi connectivity index (χ2v) is 4.98. The van der Waals surface area contributed by atoms with E-state index in [1.165, 1.54) is 0 Å². The monoisotopic (exact) mass is 262 g/mol. The van der Waals surface area contributed by atoms with Crippen LogP contribution in [0.5, 0.6) is 0 Å². The van der Waals surface area contributed by atoms with Crippen molar-refractivity contribution in [1.82, 2.24) is 4.90 Å². The van der Waals surface area contributed by atoms with E-state index in [4.69, 9.17) is 16.9 Å². The second kappa shape index (κ2) is 5.88. The second-order valence-electron chi connectivity index (χ2n) is 4.54. The van der Waals surface area contributed by atoms with Gasteiger partial charge in [-0.2, -0.15) is 5.26 Å². The van der Waals surface area contributed by atoms with Crippen LogP contribution in [0.4, 0.5) is 0 Å². The van der Waals surface area contributed by atoms with Gasteiger partial charge in [0.25, 0.3) is 0 Å². The van der Waals surface area contributed by atoms with Gasteiger partial charge in [-0.05, 0) is 37.0 Å². The highest BCUT2D eigenvalue weighted by molar-refractivity contribution is 6.30. The number of amides is 1. The van der Waals surface area contributed by atoms with Gasteiger partial charge in [0, 0.05) is 18.1 Å². The molecule has 1 aliphatic rings. The van der Waals surface area contributed by atoms with Crippen LogP contribution >= 0.6 is 11.6 Å². The molecule has 1 unspecified atom stereocenters. The topological polar surface area (TPSA) is 44.1 Å². The molecule has 0 bridgehead atoms. The lowest BCUT2D eigenvalue weighted by Crippen LogP contribution is -2.34. The number of benzene rings is 1. The van der Waals surface area contributed by atoms with Crippen molar-refractivity contribution in [3.05, 3.63) is 34.9 Å². The summed E-state index contributed by atoms with van der Waals surface area (Å²) >= 11 is 5.81. The summed E-state index contributed by atoms with van der Waals surface area (Å²) in [6.45, 7) is 1.58. The third-order valence-corrected chi connectivity index (χ3v) is 3.48. The summed E-state index contributed by atoms with van der Waals surface area (Å²) in [6, 6.07) is 9.41. The van der Waals surface area contributed by atoms with E-state index in [1.807, 2.05) is 12.1 Å². The minimum absolute atomic E-state index is 0.0371.